The number of hydrogen-bond donors (Lipinski definition) is 2. The first-order valence-electron chi connectivity index (χ1n) is 10.1. The summed E-state index contributed by atoms with van der Waals surface area (Å²) in [4.78, 5) is 21.0. The summed E-state index contributed by atoms with van der Waals surface area (Å²) in [6, 6.07) is 14.7. The number of aromatic nitrogens is 2. The maximum Gasteiger partial charge on any atom is 0.238 e. The van der Waals surface area contributed by atoms with Crippen molar-refractivity contribution >= 4 is 23.4 Å². The number of furan rings is 2. The minimum absolute atomic E-state index is 0.116. The number of H-pyrrole nitrogens is 1. The molecule has 0 radical (unpaired) electrons. The molecule has 3 aromatic heterocycles. The van der Waals surface area contributed by atoms with Crippen molar-refractivity contribution in [1.29, 1.82) is 0 Å². The molecule has 1 atom stereocenters. The number of nitrogens with zero attached hydrogens (tertiary/aromatic N) is 1. The maximum absolute atomic E-state index is 13.0. The van der Waals surface area contributed by atoms with E-state index in [1.54, 1.807) is 18.6 Å². The lowest BCUT2D eigenvalue weighted by Crippen LogP contribution is -2.25. The van der Waals surface area contributed by atoms with Crippen LogP contribution in [0.1, 0.15) is 20.3 Å². The second-order valence-corrected chi connectivity index (χ2v) is 7.84. The number of benzene rings is 1. The van der Waals surface area contributed by atoms with Gasteiger partial charge in [0.2, 0.25) is 5.91 Å². The van der Waals surface area contributed by atoms with E-state index in [0.29, 0.717) is 52.5 Å². The minimum Gasteiger partial charge on any atom is -0.492 e. The highest BCUT2D eigenvalue weighted by atomic mass is 32.2. The van der Waals surface area contributed by atoms with E-state index >= 15 is 0 Å². The molecule has 3 heterocycles. The van der Waals surface area contributed by atoms with Crippen LogP contribution in [0.2, 0.25) is 0 Å². The van der Waals surface area contributed by atoms with E-state index in [-0.39, 0.29) is 11.2 Å². The molecule has 0 bridgehead atoms. The average Bonchev–Trinajstić information content (AvgIpc) is 3.54. The van der Waals surface area contributed by atoms with Crippen LogP contribution in [-0.2, 0) is 4.79 Å². The van der Waals surface area contributed by atoms with Gasteiger partial charge in [-0.2, -0.15) is 0 Å². The van der Waals surface area contributed by atoms with Crippen molar-refractivity contribution in [2.75, 3.05) is 11.9 Å². The fourth-order valence-electron chi connectivity index (χ4n) is 3.12. The van der Waals surface area contributed by atoms with Crippen molar-refractivity contribution in [2.45, 2.75) is 30.7 Å². The van der Waals surface area contributed by atoms with Crippen LogP contribution in [0.5, 0.6) is 5.75 Å². The van der Waals surface area contributed by atoms with E-state index in [4.69, 9.17) is 13.6 Å². The van der Waals surface area contributed by atoms with E-state index in [9.17, 15) is 4.79 Å². The van der Waals surface area contributed by atoms with E-state index in [2.05, 4.69) is 15.3 Å². The number of amides is 1. The Balaban J connectivity index is 1.56. The van der Waals surface area contributed by atoms with Gasteiger partial charge in [-0.05, 0) is 49.7 Å². The Kier molecular flexibility index (Phi) is 6.47. The number of para-hydroxylation sites is 2. The van der Waals surface area contributed by atoms with Crippen molar-refractivity contribution in [3.8, 4) is 28.7 Å². The molecule has 0 aliphatic carbocycles. The highest BCUT2D eigenvalue weighted by Crippen LogP contribution is 2.35. The molecule has 31 heavy (non-hydrogen) atoms. The largest absolute Gasteiger partial charge is 0.492 e. The molecule has 1 unspecified atom stereocenters. The van der Waals surface area contributed by atoms with Gasteiger partial charge in [0.15, 0.2) is 16.7 Å². The van der Waals surface area contributed by atoms with Gasteiger partial charge >= 0.3 is 0 Å². The number of ether oxygens (including phenoxy) is 1. The summed E-state index contributed by atoms with van der Waals surface area (Å²) >= 11 is 1.36. The summed E-state index contributed by atoms with van der Waals surface area (Å²) in [5.74, 6) is 1.80. The third kappa shape index (κ3) is 4.69. The molecule has 0 saturated carbocycles. The van der Waals surface area contributed by atoms with E-state index in [1.165, 1.54) is 11.8 Å². The fraction of sp³-hybridized carbons (Fsp3) is 0.217. The Morgan fingerprint density at radius 2 is 1.84 bits per heavy atom. The van der Waals surface area contributed by atoms with Crippen LogP contribution in [0.4, 0.5) is 5.69 Å². The summed E-state index contributed by atoms with van der Waals surface area (Å²) in [6.07, 6.45) is 3.83. The minimum atomic E-state index is -0.352. The Morgan fingerprint density at radius 3 is 2.52 bits per heavy atom. The molecule has 0 aliphatic heterocycles. The molecule has 2 N–H and O–H groups in total. The first kappa shape index (κ1) is 20.9. The number of nitrogens with one attached hydrogen (secondary N) is 2. The molecule has 4 rings (SSSR count). The van der Waals surface area contributed by atoms with Crippen molar-refractivity contribution in [3.63, 3.8) is 0 Å². The predicted molar refractivity (Wildman–Crippen MR) is 120 cm³/mol. The highest BCUT2D eigenvalue weighted by Gasteiger charge is 2.24. The highest BCUT2D eigenvalue weighted by molar-refractivity contribution is 8.00. The zero-order valence-corrected chi connectivity index (χ0v) is 18.1. The number of thioether (sulfide) groups is 1. The first-order valence-corrected chi connectivity index (χ1v) is 10.9. The summed E-state index contributed by atoms with van der Waals surface area (Å²) < 4.78 is 16.7. The Labute approximate surface area is 184 Å². The van der Waals surface area contributed by atoms with Crippen molar-refractivity contribution in [3.05, 3.63) is 61.1 Å². The molecule has 160 valence electrons. The second-order valence-electron chi connectivity index (χ2n) is 6.65. The molecule has 0 saturated heterocycles. The molecule has 8 heteroatoms. The predicted octanol–water partition coefficient (Wildman–Crippen LogP) is 5.84. The summed E-state index contributed by atoms with van der Waals surface area (Å²) in [7, 11) is 0. The Bertz CT molecular complexity index is 1070. The van der Waals surface area contributed by atoms with Gasteiger partial charge in [-0.25, -0.2) is 4.98 Å². The number of carbonyl (C=O) groups excluding carboxylic acids is 1. The number of rotatable bonds is 9. The number of anilines is 1. The monoisotopic (exact) mass is 437 g/mol. The number of hydrogen-bond acceptors (Lipinski definition) is 6. The zero-order valence-electron chi connectivity index (χ0n) is 17.3. The van der Waals surface area contributed by atoms with Gasteiger partial charge in [-0.15, -0.1) is 0 Å². The normalized spacial score (nSPS) is 11.9. The standard InChI is InChI=1S/C23H23N3O4S/c1-3-19(22(27)24-15-9-5-6-10-16(15)28-4-2)31-23-25-20(17-11-7-13-29-17)21(26-23)18-12-8-14-30-18/h5-14,19H,3-4H2,1-2H3,(H,24,27)(H,25,26). The summed E-state index contributed by atoms with van der Waals surface area (Å²) in [6.45, 7) is 4.40. The van der Waals surface area contributed by atoms with Gasteiger partial charge < -0.3 is 23.9 Å². The molecule has 1 aromatic carbocycles. The lowest BCUT2D eigenvalue weighted by molar-refractivity contribution is -0.115. The summed E-state index contributed by atoms with van der Waals surface area (Å²) in [5, 5.41) is 3.24. The lowest BCUT2D eigenvalue weighted by atomic mass is 10.2. The SMILES string of the molecule is CCOc1ccccc1NC(=O)C(CC)Sc1nc(-c2ccco2)c(-c2ccco2)[nH]1. The molecule has 7 nitrogen and oxygen atoms in total. The molecular weight excluding hydrogens is 414 g/mol. The first-order chi connectivity index (χ1) is 15.2. The third-order valence-electron chi connectivity index (χ3n) is 4.57. The van der Waals surface area contributed by atoms with Gasteiger partial charge in [0.25, 0.3) is 0 Å². The molecular formula is C23H23N3O4S. The van der Waals surface area contributed by atoms with Crippen molar-refractivity contribution in [2.24, 2.45) is 0 Å². The van der Waals surface area contributed by atoms with Crippen LogP contribution in [0.3, 0.4) is 0 Å². The quantitative estimate of drug-likeness (QED) is 0.320. The zero-order chi connectivity index (χ0) is 21.6. The van der Waals surface area contributed by atoms with Crippen LogP contribution in [0, 0.1) is 0 Å². The van der Waals surface area contributed by atoms with Crippen LogP contribution in [-0.4, -0.2) is 27.7 Å². The van der Waals surface area contributed by atoms with E-state index in [1.807, 2.05) is 56.3 Å². The van der Waals surface area contributed by atoms with E-state index < -0.39 is 0 Å². The molecule has 1 amide bonds. The number of aromatic amines is 1. The average molecular weight is 438 g/mol. The Hall–Kier alpha value is -3.39. The van der Waals surface area contributed by atoms with Crippen molar-refractivity contribution < 1.29 is 18.4 Å². The smallest absolute Gasteiger partial charge is 0.238 e. The van der Waals surface area contributed by atoms with Gasteiger partial charge in [0.1, 0.15) is 17.1 Å². The third-order valence-corrected chi connectivity index (χ3v) is 5.81. The Morgan fingerprint density at radius 1 is 1.10 bits per heavy atom. The van der Waals surface area contributed by atoms with Gasteiger partial charge in [-0.1, -0.05) is 30.8 Å². The topological polar surface area (TPSA) is 93.3 Å². The van der Waals surface area contributed by atoms with Crippen LogP contribution in [0.15, 0.2) is 75.0 Å². The molecule has 0 aliphatic rings. The van der Waals surface area contributed by atoms with Gasteiger partial charge in [0, 0.05) is 0 Å². The van der Waals surface area contributed by atoms with E-state index in [0.717, 1.165) is 0 Å². The number of imidazole rings is 1. The number of carbonyl (C=O) groups is 1. The van der Waals surface area contributed by atoms with Crippen LogP contribution >= 0.6 is 11.8 Å². The maximum atomic E-state index is 13.0. The van der Waals surface area contributed by atoms with Crippen LogP contribution < -0.4 is 10.1 Å². The lowest BCUT2D eigenvalue weighted by Gasteiger charge is -2.15. The second kappa shape index (κ2) is 9.61. The van der Waals surface area contributed by atoms with Crippen molar-refractivity contribution in [1.82, 2.24) is 9.97 Å². The molecule has 4 aromatic rings. The summed E-state index contributed by atoms with van der Waals surface area (Å²) in [5.41, 5.74) is 2.00. The molecule has 0 spiro atoms. The fourth-order valence-corrected chi connectivity index (χ4v) is 4.03. The van der Waals surface area contributed by atoms with Gasteiger partial charge in [-0.3, -0.25) is 4.79 Å². The molecule has 0 fully saturated rings. The van der Waals surface area contributed by atoms with Crippen LogP contribution in [0.25, 0.3) is 22.9 Å². The van der Waals surface area contributed by atoms with Gasteiger partial charge in [0.05, 0.1) is 30.1 Å².